The minimum Gasteiger partial charge on any atom is -0.493 e. The largest absolute Gasteiger partial charge is 0.493 e. The van der Waals surface area contributed by atoms with Crippen molar-refractivity contribution in [3.63, 3.8) is 0 Å². The van der Waals surface area contributed by atoms with Gasteiger partial charge in [0.15, 0.2) is 5.82 Å². The summed E-state index contributed by atoms with van der Waals surface area (Å²) in [6.45, 7) is 9.04. The average molecular weight is 663 g/mol. The molecule has 0 fully saturated rings. The molecule has 4 aromatic rings. The Kier molecular flexibility index (Phi) is 13.2. The Balaban J connectivity index is 1.39. The molecule has 4 rings (SSSR count). The highest BCUT2D eigenvalue weighted by Gasteiger charge is 2.23. The number of allylic oxidation sites excluding steroid dienone is 1. The lowest BCUT2D eigenvalue weighted by Gasteiger charge is -2.20. The molecule has 0 radical (unpaired) electrons. The molecule has 0 aliphatic rings. The monoisotopic (exact) mass is 662 g/mol. The number of carboxylic acid groups (broad SMARTS) is 1. The molecule has 0 aliphatic carbocycles. The molecule has 0 aliphatic heterocycles. The molecule has 9 nitrogen and oxygen atoms in total. The zero-order valence-electron chi connectivity index (χ0n) is 28.7. The van der Waals surface area contributed by atoms with Crippen LogP contribution in [0.4, 0.5) is 0 Å². The van der Waals surface area contributed by atoms with Crippen molar-refractivity contribution in [3.8, 4) is 28.3 Å². The van der Waals surface area contributed by atoms with Gasteiger partial charge < -0.3 is 20.5 Å². The minimum atomic E-state index is -1.02. The van der Waals surface area contributed by atoms with Crippen LogP contribution in [0.1, 0.15) is 74.9 Å². The summed E-state index contributed by atoms with van der Waals surface area (Å²) in [6, 6.07) is 21.8. The molecule has 1 aromatic heterocycles. The van der Waals surface area contributed by atoms with E-state index >= 15 is 0 Å². The van der Waals surface area contributed by atoms with Crippen molar-refractivity contribution in [1.29, 1.82) is 0 Å². The number of carbonyl (C=O) groups excluding carboxylic acids is 2. The van der Waals surface area contributed by atoms with Gasteiger partial charge in [0.25, 0.3) is 5.91 Å². The molecule has 2 amide bonds. The predicted octanol–water partition coefficient (Wildman–Crippen LogP) is 7.17. The zero-order chi connectivity index (χ0) is 35.2. The highest BCUT2D eigenvalue weighted by molar-refractivity contribution is 5.97. The molecule has 0 saturated carbocycles. The second-order valence-corrected chi connectivity index (χ2v) is 12.9. The van der Waals surface area contributed by atoms with Crippen LogP contribution in [-0.2, 0) is 21.4 Å². The predicted molar refractivity (Wildman–Crippen MR) is 192 cm³/mol. The molecule has 1 atom stereocenters. The van der Waals surface area contributed by atoms with Gasteiger partial charge in [0.05, 0.1) is 13.0 Å². The van der Waals surface area contributed by atoms with Gasteiger partial charge in [0.1, 0.15) is 11.8 Å². The van der Waals surface area contributed by atoms with E-state index in [-0.39, 0.29) is 30.7 Å². The van der Waals surface area contributed by atoms with Crippen molar-refractivity contribution in [2.75, 3.05) is 13.2 Å². The van der Waals surface area contributed by atoms with Crippen LogP contribution in [0.3, 0.4) is 0 Å². The third kappa shape index (κ3) is 11.4. The molecular formula is C40H46N4O5. The first-order valence-electron chi connectivity index (χ1n) is 16.7. The Bertz CT molecular complexity index is 1690. The van der Waals surface area contributed by atoms with Crippen LogP contribution in [0.25, 0.3) is 22.5 Å². The molecule has 49 heavy (non-hydrogen) atoms. The number of nitrogens with zero attached hydrogens (tertiary/aromatic N) is 2. The van der Waals surface area contributed by atoms with Crippen LogP contribution in [0, 0.1) is 0 Å². The standard InChI is InChI=1S/C40H46N4O5/c1-5-6-7-8-9-24-49-34-20-16-29(17-21-34)32-26-42-37(43-27-32)30-12-10-28(11-13-30)25-35(39(48)41-23-22-36(45)46)44-38(47)31-14-18-33(19-15-31)40(2,3)4/h7-8,10-21,26-27,35H,5-6,9,22-25H2,1-4H3,(H,41,48)(H,44,47)(H,45,46)/b8-7+/t35-/m0/s1. The summed E-state index contributed by atoms with van der Waals surface area (Å²) in [4.78, 5) is 46.4. The van der Waals surface area contributed by atoms with Crippen molar-refractivity contribution in [2.45, 2.75) is 71.3 Å². The quantitative estimate of drug-likeness (QED) is 0.0857. The molecule has 9 heteroatoms. The van der Waals surface area contributed by atoms with Crippen molar-refractivity contribution in [1.82, 2.24) is 20.6 Å². The molecule has 0 bridgehead atoms. The first-order chi connectivity index (χ1) is 23.5. The number of hydrogen-bond acceptors (Lipinski definition) is 6. The number of nitrogens with one attached hydrogen (secondary N) is 2. The molecule has 0 spiro atoms. The van der Waals surface area contributed by atoms with Crippen LogP contribution in [0.2, 0.25) is 0 Å². The number of unbranched alkanes of at least 4 members (excludes halogenated alkanes) is 1. The molecular weight excluding hydrogens is 616 g/mol. The number of carbonyl (C=O) groups is 3. The first kappa shape index (κ1) is 36.5. The molecule has 0 unspecified atom stereocenters. The lowest BCUT2D eigenvalue weighted by atomic mass is 9.86. The van der Waals surface area contributed by atoms with E-state index in [4.69, 9.17) is 9.84 Å². The topological polar surface area (TPSA) is 131 Å². The smallest absolute Gasteiger partial charge is 0.305 e. The normalized spacial score (nSPS) is 12.0. The molecule has 3 aromatic carbocycles. The van der Waals surface area contributed by atoms with E-state index < -0.39 is 17.9 Å². The van der Waals surface area contributed by atoms with Crippen molar-refractivity contribution in [2.24, 2.45) is 0 Å². The van der Waals surface area contributed by atoms with E-state index in [1.807, 2.05) is 60.7 Å². The van der Waals surface area contributed by atoms with Gasteiger partial charge >= 0.3 is 5.97 Å². The fraction of sp³-hybridized carbons (Fsp3) is 0.325. The summed E-state index contributed by atoms with van der Waals surface area (Å²) in [5, 5.41) is 14.5. The van der Waals surface area contributed by atoms with Gasteiger partial charge in [0, 0.05) is 42.0 Å². The van der Waals surface area contributed by atoms with Crippen molar-refractivity contribution < 1.29 is 24.2 Å². The number of carboxylic acids is 1. The third-order valence-corrected chi connectivity index (χ3v) is 7.94. The number of aliphatic carboxylic acids is 1. The van der Waals surface area contributed by atoms with Crippen LogP contribution >= 0.6 is 0 Å². The van der Waals surface area contributed by atoms with E-state index in [0.29, 0.717) is 18.0 Å². The van der Waals surface area contributed by atoms with E-state index in [1.54, 1.807) is 24.5 Å². The first-order valence-corrected chi connectivity index (χ1v) is 16.7. The van der Waals surface area contributed by atoms with E-state index in [0.717, 1.165) is 52.8 Å². The Hall–Kier alpha value is -5.31. The van der Waals surface area contributed by atoms with Crippen LogP contribution in [0.5, 0.6) is 5.75 Å². The van der Waals surface area contributed by atoms with E-state index in [2.05, 4.69) is 60.4 Å². The number of amides is 2. The summed E-state index contributed by atoms with van der Waals surface area (Å²) in [6.07, 6.45) is 11.0. The third-order valence-electron chi connectivity index (χ3n) is 7.94. The van der Waals surface area contributed by atoms with Crippen molar-refractivity contribution in [3.05, 3.63) is 114 Å². The fourth-order valence-corrected chi connectivity index (χ4v) is 5.03. The maximum absolute atomic E-state index is 13.2. The van der Waals surface area contributed by atoms with Gasteiger partial charge in [-0.15, -0.1) is 0 Å². The Labute approximate surface area is 288 Å². The summed E-state index contributed by atoms with van der Waals surface area (Å²) in [5.41, 5.74) is 4.94. The Morgan fingerprint density at radius 3 is 2.08 bits per heavy atom. The number of aromatic nitrogens is 2. The lowest BCUT2D eigenvalue weighted by Crippen LogP contribution is -2.48. The second kappa shape index (κ2) is 17.7. The maximum atomic E-state index is 13.2. The van der Waals surface area contributed by atoms with Gasteiger partial charge in [-0.25, -0.2) is 9.97 Å². The molecule has 1 heterocycles. The zero-order valence-corrected chi connectivity index (χ0v) is 28.7. The van der Waals surface area contributed by atoms with Gasteiger partial charge in [-0.2, -0.15) is 0 Å². The molecule has 3 N–H and O–H groups in total. The van der Waals surface area contributed by atoms with Crippen LogP contribution in [-0.4, -0.2) is 52.1 Å². The van der Waals surface area contributed by atoms with Gasteiger partial charge in [-0.05, 0) is 59.2 Å². The highest BCUT2D eigenvalue weighted by atomic mass is 16.5. The summed E-state index contributed by atoms with van der Waals surface area (Å²) >= 11 is 0. The van der Waals surface area contributed by atoms with Gasteiger partial charge in [-0.1, -0.05) is 94.8 Å². The maximum Gasteiger partial charge on any atom is 0.305 e. The number of benzene rings is 3. The van der Waals surface area contributed by atoms with E-state index in [9.17, 15) is 14.4 Å². The van der Waals surface area contributed by atoms with Gasteiger partial charge in [-0.3, -0.25) is 14.4 Å². The van der Waals surface area contributed by atoms with E-state index in [1.165, 1.54) is 0 Å². The van der Waals surface area contributed by atoms with Crippen molar-refractivity contribution >= 4 is 17.8 Å². The molecule has 256 valence electrons. The SMILES string of the molecule is CCC/C=C/CCOc1ccc(-c2cnc(-c3ccc(C[C@H](NC(=O)c4ccc(C(C)(C)C)cc4)C(=O)NCCC(=O)O)cc3)nc2)cc1. The number of ether oxygens (including phenoxy) is 1. The average Bonchev–Trinajstić information content (AvgIpc) is 3.09. The number of rotatable bonds is 16. The molecule has 0 saturated heterocycles. The minimum absolute atomic E-state index is 0.0397. The van der Waals surface area contributed by atoms with Crippen LogP contribution < -0.4 is 15.4 Å². The van der Waals surface area contributed by atoms with Crippen LogP contribution in [0.15, 0.2) is 97.3 Å². The van der Waals surface area contributed by atoms with Gasteiger partial charge in [0.2, 0.25) is 5.91 Å². The second-order valence-electron chi connectivity index (χ2n) is 12.9. The Morgan fingerprint density at radius 2 is 1.47 bits per heavy atom. The lowest BCUT2D eigenvalue weighted by molar-refractivity contribution is -0.137. The summed E-state index contributed by atoms with van der Waals surface area (Å²) in [5.74, 6) is -0.486. The Morgan fingerprint density at radius 1 is 0.837 bits per heavy atom. The summed E-state index contributed by atoms with van der Waals surface area (Å²) in [7, 11) is 0. The summed E-state index contributed by atoms with van der Waals surface area (Å²) < 4.78 is 5.83. The highest BCUT2D eigenvalue weighted by Crippen LogP contribution is 2.24. The number of hydrogen-bond donors (Lipinski definition) is 3. The fourth-order valence-electron chi connectivity index (χ4n) is 5.03.